The molecule has 0 spiro atoms. The minimum atomic E-state index is -4.67. The number of anilines is 2. The first-order valence-corrected chi connectivity index (χ1v) is 12.7. The first-order chi connectivity index (χ1) is 19.0. The SMILES string of the molecule is Cc1c(CN2C(=O)C(C(=O)NC(C)C(=O)O)CN(c3ccc4c(c3)C(C)(C)C(=O)N4C)C2=O)cccc1C(F)(F)F. The van der Waals surface area contributed by atoms with E-state index in [0.29, 0.717) is 16.2 Å². The second-order valence-corrected chi connectivity index (χ2v) is 10.7. The van der Waals surface area contributed by atoms with Crippen molar-refractivity contribution in [2.45, 2.75) is 51.9 Å². The number of fused-ring (bicyclic) bond motifs is 1. The smallest absolute Gasteiger partial charge is 0.416 e. The van der Waals surface area contributed by atoms with Gasteiger partial charge in [0, 0.05) is 25.0 Å². The fourth-order valence-electron chi connectivity index (χ4n) is 5.16. The van der Waals surface area contributed by atoms with E-state index < -0.39 is 66.0 Å². The second kappa shape index (κ2) is 10.2. The fourth-order valence-corrected chi connectivity index (χ4v) is 5.16. The number of nitrogens with one attached hydrogen (secondary N) is 1. The van der Waals surface area contributed by atoms with Crippen LogP contribution in [-0.4, -0.2) is 59.4 Å². The van der Waals surface area contributed by atoms with Crippen LogP contribution in [0.25, 0.3) is 0 Å². The molecule has 2 aromatic rings. The number of aliphatic carboxylic acids is 1. The van der Waals surface area contributed by atoms with E-state index in [2.05, 4.69) is 5.32 Å². The highest BCUT2D eigenvalue weighted by Gasteiger charge is 2.46. The molecule has 2 unspecified atom stereocenters. The molecule has 2 N–H and O–H groups in total. The maximum atomic E-state index is 13.7. The molecule has 41 heavy (non-hydrogen) atoms. The molecule has 10 nitrogen and oxygen atoms in total. The Bertz CT molecular complexity index is 1470. The molecular weight excluding hydrogens is 545 g/mol. The predicted molar refractivity (Wildman–Crippen MR) is 141 cm³/mol. The Hall–Kier alpha value is -4.42. The summed E-state index contributed by atoms with van der Waals surface area (Å²) in [5.41, 5.74) is -0.520. The number of rotatable bonds is 6. The molecule has 0 aliphatic carbocycles. The maximum Gasteiger partial charge on any atom is 0.416 e. The summed E-state index contributed by atoms with van der Waals surface area (Å²) in [5, 5.41) is 11.5. The molecule has 0 saturated carbocycles. The van der Waals surface area contributed by atoms with Crippen molar-refractivity contribution in [2.24, 2.45) is 5.92 Å². The number of carboxylic acids is 1. The first kappa shape index (κ1) is 29.6. The summed E-state index contributed by atoms with van der Waals surface area (Å²) in [5.74, 6) is -5.00. The van der Waals surface area contributed by atoms with Gasteiger partial charge in [0.2, 0.25) is 17.7 Å². The van der Waals surface area contributed by atoms with Crippen LogP contribution in [0.15, 0.2) is 36.4 Å². The number of carbonyl (C=O) groups excluding carboxylic acids is 4. The van der Waals surface area contributed by atoms with E-state index in [1.54, 1.807) is 39.1 Å². The van der Waals surface area contributed by atoms with Crippen LogP contribution in [0.5, 0.6) is 0 Å². The topological polar surface area (TPSA) is 127 Å². The van der Waals surface area contributed by atoms with E-state index in [4.69, 9.17) is 0 Å². The zero-order chi connectivity index (χ0) is 30.6. The molecule has 2 heterocycles. The lowest BCUT2D eigenvalue weighted by Crippen LogP contribution is -2.60. The Balaban J connectivity index is 1.77. The average molecular weight is 575 g/mol. The van der Waals surface area contributed by atoms with Crippen molar-refractivity contribution in [3.63, 3.8) is 0 Å². The summed E-state index contributed by atoms with van der Waals surface area (Å²) in [7, 11) is 1.61. The third kappa shape index (κ3) is 5.11. The number of hydrogen-bond acceptors (Lipinski definition) is 5. The largest absolute Gasteiger partial charge is 0.480 e. The number of amides is 5. The summed E-state index contributed by atoms with van der Waals surface area (Å²) in [6.07, 6.45) is -4.67. The van der Waals surface area contributed by atoms with Crippen molar-refractivity contribution >= 4 is 41.1 Å². The van der Waals surface area contributed by atoms with E-state index in [9.17, 15) is 42.3 Å². The highest BCUT2D eigenvalue weighted by molar-refractivity contribution is 6.14. The number of carboxylic acid groups (broad SMARTS) is 1. The zero-order valence-electron chi connectivity index (χ0n) is 23.0. The van der Waals surface area contributed by atoms with Gasteiger partial charge in [0.1, 0.15) is 12.0 Å². The maximum absolute atomic E-state index is 13.7. The van der Waals surface area contributed by atoms with Crippen molar-refractivity contribution in [2.75, 3.05) is 23.4 Å². The number of nitrogens with zero attached hydrogens (tertiary/aromatic N) is 3. The van der Waals surface area contributed by atoms with Crippen molar-refractivity contribution < 1.29 is 42.3 Å². The number of carbonyl (C=O) groups is 5. The first-order valence-electron chi connectivity index (χ1n) is 12.7. The van der Waals surface area contributed by atoms with Gasteiger partial charge >= 0.3 is 18.2 Å². The van der Waals surface area contributed by atoms with Gasteiger partial charge < -0.3 is 15.3 Å². The zero-order valence-corrected chi connectivity index (χ0v) is 23.0. The van der Waals surface area contributed by atoms with Crippen molar-refractivity contribution in [1.29, 1.82) is 0 Å². The van der Waals surface area contributed by atoms with Gasteiger partial charge in [-0.25, -0.2) is 4.79 Å². The van der Waals surface area contributed by atoms with Gasteiger partial charge in [0.15, 0.2) is 0 Å². The number of urea groups is 1. The molecule has 1 fully saturated rings. The van der Waals surface area contributed by atoms with Gasteiger partial charge in [-0.05, 0) is 68.7 Å². The van der Waals surface area contributed by atoms with Crippen LogP contribution >= 0.6 is 0 Å². The van der Waals surface area contributed by atoms with Gasteiger partial charge in [-0.2, -0.15) is 13.2 Å². The Kier molecular flexibility index (Phi) is 7.35. The molecule has 0 radical (unpaired) electrons. The lowest BCUT2D eigenvalue weighted by atomic mass is 9.86. The van der Waals surface area contributed by atoms with Crippen LogP contribution in [-0.2, 0) is 37.3 Å². The molecule has 0 bridgehead atoms. The second-order valence-electron chi connectivity index (χ2n) is 10.7. The molecule has 5 amide bonds. The van der Waals surface area contributed by atoms with Gasteiger partial charge in [-0.1, -0.05) is 12.1 Å². The average Bonchev–Trinajstić information content (AvgIpc) is 3.06. The van der Waals surface area contributed by atoms with E-state index in [-0.39, 0.29) is 22.7 Å². The van der Waals surface area contributed by atoms with Crippen molar-refractivity contribution in [1.82, 2.24) is 10.2 Å². The quantitative estimate of drug-likeness (QED) is 0.509. The fraction of sp³-hybridized carbons (Fsp3) is 0.393. The van der Waals surface area contributed by atoms with E-state index in [1.807, 2.05) is 0 Å². The molecule has 0 aromatic heterocycles. The summed E-state index contributed by atoms with van der Waals surface area (Å²) >= 11 is 0. The monoisotopic (exact) mass is 574 g/mol. The normalized spacial score (nSPS) is 19.4. The molecule has 2 aliphatic rings. The Morgan fingerprint density at radius 3 is 2.41 bits per heavy atom. The van der Waals surface area contributed by atoms with E-state index in [1.165, 1.54) is 24.8 Å². The van der Waals surface area contributed by atoms with Crippen LogP contribution in [0.2, 0.25) is 0 Å². The Morgan fingerprint density at radius 2 is 1.80 bits per heavy atom. The molecule has 2 atom stereocenters. The number of hydrogen-bond donors (Lipinski definition) is 2. The van der Waals surface area contributed by atoms with E-state index >= 15 is 0 Å². The van der Waals surface area contributed by atoms with Crippen LogP contribution in [0.1, 0.15) is 43.0 Å². The number of alkyl halides is 3. The number of likely N-dealkylation sites (N-methyl/N-ethyl adjacent to an activating group) is 1. The van der Waals surface area contributed by atoms with Crippen LogP contribution in [0, 0.1) is 12.8 Å². The van der Waals surface area contributed by atoms with Gasteiger partial charge in [-0.15, -0.1) is 0 Å². The summed E-state index contributed by atoms with van der Waals surface area (Å²) in [6.45, 7) is 4.86. The molecule has 218 valence electrons. The van der Waals surface area contributed by atoms with Gasteiger partial charge in [0.05, 0.1) is 17.5 Å². The van der Waals surface area contributed by atoms with Crippen LogP contribution in [0.4, 0.5) is 29.3 Å². The Morgan fingerprint density at radius 1 is 1.15 bits per heavy atom. The molecular formula is C28H29F3N4O6. The predicted octanol–water partition coefficient (Wildman–Crippen LogP) is 3.44. The minimum absolute atomic E-state index is 0.0451. The third-order valence-electron chi connectivity index (χ3n) is 7.68. The highest BCUT2D eigenvalue weighted by atomic mass is 19.4. The number of benzene rings is 2. The van der Waals surface area contributed by atoms with Crippen molar-refractivity contribution in [3.05, 3.63) is 58.7 Å². The van der Waals surface area contributed by atoms with E-state index in [0.717, 1.165) is 17.0 Å². The lowest BCUT2D eigenvalue weighted by Gasteiger charge is -2.38. The minimum Gasteiger partial charge on any atom is -0.480 e. The van der Waals surface area contributed by atoms with Gasteiger partial charge in [0.25, 0.3) is 0 Å². The molecule has 4 rings (SSSR count). The number of imide groups is 1. The molecule has 13 heteroatoms. The summed E-state index contributed by atoms with van der Waals surface area (Å²) in [4.78, 5) is 67.7. The third-order valence-corrected chi connectivity index (χ3v) is 7.68. The summed E-state index contributed by atoms with van der Waals surface area (Å²) < 4.78 is 40.6. The molecule has 1 saturated heterocycles. The number of halogens is 3. The highest BCUT2D eigenvalue weighted by Crippen LogP contribution is 2.43. The molecule has 2 aromatic carbocycles. The molecule has 2 aliphatic heterocycles. The lowest BCUT2D eigenvalue weighted by molar-refractivity contribution is -0.145. The van der Waals surface area contributed by atoms with Gasteiger partial charge in [-0.3, -0.25) is 29.0 Å². The Labute approximate surface area is 233 Å². The van der Waals surface area contributed by atoms with Crippen LogP contribution < -0.4 is 15.1 Å². The summed E-state index contributed by atoms with van der Waals surface area (Å²) in [6, 6.07) is 5.96. The van der Waals surface area contributed by atoms with Crippen molar-refractivity contribution in [3.8, 4) is 0 Å². The van der Waals surface area contributed by atoms with Crippen LogP contribution in [0.3, 0.4) is 0 Å². The standard InChI is InChI=1S/C28H29F3N4O6/c1-14-16(7-6-8-19(14)28(29,30)31)12-35-23(37)18(22(36)32-15(2)24(38)39)13-34(26(35)41)17-9-10-21-20(11-17)27(3,4)25(40)33(21)5/h6-11,15,18H,12-13H2,1-5H3,(H,32,36)(H,38,39).